The number of fused-ring (bicyclic) bond motifs is 1. The summed E-state index contributed by atoms with van der Waals surface area (Å²) in [5.41, 5.74) is 0.532. The molecule has 0 atom stereocenters. The standard InChI is InChI=1S/C17H11FO4/c18-14-5-2-6-15(19)16(14)12-4-1-3-10-7-8-11(9-13(10)12)22-17(20)21/h1-9,19H,(H,20,21). The van der Waals surface area contributed by atoms with Crippen molar-refractivity contribution in [1.29, 1.82) is 0 Å². The Morgan fingerprint density at radius 3 is 2.55 bits per heavy atom. The van der Waals surface area contributed by atoms with Gasteiger partial charge in [-0.25, -0.2) is 9.18 Å². The second kappa shape index (κ2) is 5.37. The van der Waals surface area contributed by atoms with Crippen LogP contribution in [0.5, 0.6) is 11.5 Å². The number of halogens is 1. The van der Waals surface area contributed by atoms with Gasteiger partial charge in [0.05, 0.1) is 5.56 Å². The van der Waals surface area contributed by atoms with Crippen molar-refractivity contribution in [1.82, 2.24) is 0 Å². The summed E-state index contributed by atoms with van der Waals surface area (Å²) in [6.07, 6.45) is -1.43. The fourth-order valence-electron chi connectivity index (χ4n) is 2.41. The smallest absolute Gasteiger partial charge is 0.507 e. The fraction of sp³-hybridized carbons (Fsp3) is 0. The molecule has 0 unspecified atom stereocenters. The molecule has 2 N–H and O–H groups in total. The minimum Gasteiger partial charge on any atom is -0.507 e. The van der Waals surface area contributed by atoms with E-state index in [0.717, 1.165) is 5.39 Å². The molecule has 4 nitrogen and oxygen atoms in total. The molecule has 0 amide bonds. The second-order valence-corrected chi connectivity index (χ2v) is 4.69. The number of hydrogen-bond donors (Lipinski definition) is 2. The number of phenolic OH excluding ortho intramolecular Hbond substituents is 1. The monoisotopic (exact) mass is 298 g/mol. The van der Waals surface area contributed by atoms with E-state index in [-0.39, 0.29) is 17.1 Å². The van der Waals surface area contributed by atoms with Crippen molar-refractivity contribution >= 4 is 16.9 Å². The van der Waals surface area contributed by atoms with Gasteiger partial charge >= 0.3 is 6.16 Å². The molecule has 5 heteroatoms. The average Bonchev–Trinajstić information content (AvgIpc) is 2.47. The van der Waals surface area contributed by atoms with Crippen LogP contribution in [0.2, 0.25) is 0 Å². The lowest BCUT2D eigenvalue weighted by Crippen LogP contribution is -2.02. The van der Waals surface area contributed by atoms with Crippen LogP contribution in [0.4, 0.5) is 9.18 Å². The quantitative estimate of drug-likeness (QED) is 0.543. The second-order valence-electron chi connectivity index (χ2n) is 4.69. The predicted octanol–water partition coefficient (Wildman–Crippen LogP) is 4.41. The number of rotatable bonds is 2. The van der Waals surface area contributed by atoms with Crippen molar-refractivity contribution in [3.63, 3.8) is 0 Å². The molecule has 0 aliphatic carbocycles. The highest BCUT2D eigenvalue weighted by molar-refractivity contribution is 5.99. The van der Waals surface area contributed by atoms with Crippen LogP contribution in [0.25, 0.3) is 21.9 Å². The Balaban J connectivity index is 2.27. The lowest BCUT2D eigenvalue weighted by molar-refractivity contribution is 0.144. The summed E-state index contributed by atoms with van der Waals surface area (Å²) in [4.78, 5) is 10.6. The van der Waals surface area contributed by atoms with Gasteiger partial charge < -0.3 is 14.9 Å². The van der Waals surface area contributed by atoms with Gasteiger partial charge in [0, 0.05) is 0 Å². The molecule has 0 heterocycles. The molecule has 0 fully saturated rings. The molecule has 0 aromatic heterocycles. The number of phenols is 1. The minimum atomic E-state index is -1.43. The molecule has 0 saturated heterocycles. The summed E-state index contributed by atoms with van der Waals surface area (Å²) in [5.74, 6) is -0.614. The van der Waals surface area contributed by atoms with E-state index >= 15 is 0 Å². The molecular weight excluding hydrogens is 287 g/mol. The first-order chi connectivity index (χ1) is 10.6. The highest BCUT2D eigenvalue weighted by atomic mass is 19.1. The van der Waals surface area contributed by atoms with Gasteiger partial charge in [0.2, 0.25) is 0 Å². The highest BCUT2D eigenvalue weighted by Crippen LogP contribution is 2.37. The maximum Gasteiger partial charge on any atom is 0.511 e. The van der Waals surface area contributed by atoms with Crippen LogP contribution in [-0.4, -0.2) is 16.4 Å². The Labute approximate surface area is 125 Å². The molecule has 0 bridgehead atoms. The topological polar surface area (TPSA) is 66.8 Å². The average molecular weight is 298 g/mol. The van der Waals surface area contributed by atoms with Crippen LogP contribution in [0.1, 0.15) is 0 Å². The van der Waals surface area contributed by atoms with E-state index in [4.69, 9.17) is 5.11 Å². The van der Waals surface area contributed by atoms with Gasteiger partial charge in [-0.3, -0.25) is 0 Å². The van der Waals surface area contributed by atoms with Gasteiger partial charge in [-0.2, -0.15) is 0 Å². The van der Waals surface area contributed by atoms with Crippen molar-refractivity contribution in [2.45, 2.75) is 0 Å². The number of carbonyl (C=O) groups is 1. The maximum absolute atomic E-state index is 14.1. The normalized spacial score (nSPS) is 10.6. The molecule has 3 aromatic rings. The highest BCUT2D eigenvalue weighted by Gasteiger charge is 2.14. The van der Waals surface area contributed by atoms with Crippen molar-refractivity contribution in [2.75, 3.05) is 0 Å². The molecule has 0 saturated carbocycles. The summed E-state index contributed by atoms with van der Waals surface area (Å²) in [7, 11) is 0. The van der Waals surface area contributed by atoms with E-state index in [1.54, 1.807) is 24.3 Å². The minimum absolute atomic E-state index is 0.0700. The first-order valence-corrected chi connectivity index (χ1v) is 6.47. The van der Waals surface area contributed by atoms with Crippen LogP contribution in [0.15, 0.2) is 54.6 Å². The molecule has 22 heavy (non-hydrogen) atoms. The van der Waals surface area contributed by atoms with Crippen LogP contribution in [-0.2, 0) is 0 Å². The third kappa shape index (κ3) is 2.44. The lowest BCUT2D eigenvalue weighted by atomic mass is 9.97. The largest absolute Gasteiger partial charge is 0.511 e. The van der Waals surface area contributed by atoms with E-state index in [0.29, 0.717) is 10.9 Å². The van der Waals surface area contributed by atoms with Crippen LogP contribution in [0, 0.1) is 5.82 Å². The Morgan fingerprint density at radius 1 is 1.05 bits per heavy atom. The van der Waals surface area contributed by atoms with Crippen molar-refractivity contribution in [3.8, 4) is 22.6 Å². The van der Waals surface area contributed by atoms with Crippen molar-refractivity contribution < 1.29 is 24.1 Å². The molecule has 3 rings (SSSR count). The number of carboxylic acid groups (broad SMARTS) is 1. The van der Waals surface area contributed by atoms with Crippen LogP contribution < -0.4 is 4.74 Å². The van der Waals surface area contributed by atoms with Gasteiger partial charge in [0.1, 0.15) is 17.3 Å². The number of aromatic hydroxyl groups is 1. The lowest BCUT2D eigenvalue weighted by Gasteiger charge is -2.11. The molecule has 0 spiro atoms. The summed E-state index contributed by atoms with van der Waals surface area (Å²) in [5, 5.41) is 20.0. The molecular formula is C17H11FO4. The molecule has 0 aliphatic heterocycles. The molecule has 3 aromatic carbocycles. The van der Waals surface area contributed by atoms with Crippen LogP contribution in [0.3, 0.4) is 0 Å². The summed E-state index contributed by atoms with van der Waals surface area (Å²) in [6.45, 7) is 0. The zero-order chi connectivity index (χ0) is 15.7. The Morgan fingerprint density at radius 2 is 1.82 bits per heavy atom. The van der Waals surface area contributed by atoms with Gasteiger partial charge in [-0.1, -0.05) is 30.3 Å². The summed E-state index contributed by atoms with van der Waals surface area (Å²) < 4.78 is 18.7. The fourth-order valence-corrected chi connectivity index (χ4v) is 2.41. The molecule has 0 aliphatic rings. The van der Waals surface area contributed by atoms with Crippen molar-refractivity contribution in [3.05, 3.63) is 60.4 Å². The van der Waals surface area contributed by atoms with Gasteiger partial charge in [-0.05, 0) is 40.6 Å². The third-order valence-electron chi connectivity index (χ3n) is 3.32. The van der Waals surface area contributed by atoms with E-state index in [1.165, 1.54) is 30.3 Å². The van der Waals surface area contributed by atoms with Gasteiger partial charge in [0.15, 0.2) is 0 Å². The van der Waals surface area contributed by atoms with Crippen molar-refractivity contribution in [2.24, 2.45) is 0 Å². The van der Waals surface area contributed by atoms with E-state index in [2.05, 4.69) is 4.74 Å². The Hall–Kier alpha value is -3.08. The predicted molar refractivity (Wildman–Crippen MR) is 79.7 cm³/mol. The molecule has 110 valence electrons. The number of benzene rings is 3. The Bertz CT molecular complexity index is 853. The van der Waals surface area contributed by atoms with Crippen LogP contribution >= 0.6 is 0 Å². The maximum atomic E-state index is 14.1. The van der Waals surface area contributed by atoms with E-state index < -0.39 is 12.0 Å². The van der Waals surface area contributed by atoms with E-state index in [9.17, 15) is 14.3 Å². The Kier molecular flexibility index (Phi) is 3.39. The summed E-state index contributed by atoms with van der Waals surface area (Å²) >= 11 is 0. The third-order valence-corrected chi connectivity index (χ3v) is 3.32. The summed E-state index contributed by atoms with van der Waals surface area (Å²) in [6, 6.07) is 14.0. The first-order valence-electron chi connectivity index (χ1n) is 6.47. The van der Waals surface area contributed by atoms with Gasteiger partial charge in [-0.15, -0.1) is 0 Å². The van der Waals surface area contributed by atoms with Gasteiger partial charge in [0.25, 0.3) is 0 Å². The SMILES string of the molecule is O=C(O)Oc1ccc2cccc(-c3c(O)cccc3F)c2c1. The zero-order valence-electron chi connectivity index (χ0n) is 11.3. The van der Waals surface area contributed by atoms with E-state index in [1.807, 2.05) is 0 Å². The first kappa shape index (κ1) is 13.9. The number of hydrogen-bond acceptors (Lipinski definition) is 3. The molecule has 0 radical (unpaired) electrons. The number of ether oxygens (including phenoxy) is 1. The zero-order valence-corrected chi connectivity index (χ0v) is 11.3.